The molecule has 1 amide bonds. The van der Waals surface area contributed by atoms with Gasteiger partial charge in [-0.25, -0.2) is 12.8 Å². The number of nitrogens with zero attached hydrogens (tertiary/aromatic N) is 2. The number of sulfonamides is 1. The van der Waals surface area contributed by atoms with Crippen molar-refractivity contribution in [1.29, 1.82) is 0 Å². The van der Waals surface area contributed by atoms with Gasteiger partial charge in [0.25, 0.3) is 5.91 Å². The van der Waals surface area contributed by atoms with Crippen molar-refractivity contribution in [2.45, 2.75) is 25.3 Å². The quantitative estimate of drug-likeness (QED) is 0.641. The van der Waals surface area contributed by atoms with E-state index >= 15 is 0 Å². The second-order valence-electron chi connectivity index (χ2n) is 6.71. The van der Waals surface area contributed by atoms with Crippen molar-refractivity contribution in [3.63, 3.8) is 0 Å². The minimum absolute atomic E-state index is 0.194. The van der Waals surface area contributed by atoms with E-state index in [2.05, 4.69) is 5.32 Å². The summed E-state index contributed by atoms with van der Waals surface area (Å²) in [5.41, 5.74) is 1.80. The fourth-order valence-corrected chi connectivity index (χ4v) is 4.83. The topological polar surface area (TPSA) is 71.4 Å². The van der Waals surface area contributed by atoms with Crippen LogP contribution in [0.15, 0.2) is 53.4 Å². The lowest BCUT2D eigenvalue weighted by atomic mass is 10.2. The summed E-state index contributed by atoms with van der Waals surface area (Å²) in [6.45, 7) is 4.56. The van der Waals surface area contributed by atoms with Crippen LogP contribution in [0.5, 0.6) is 0 Å². The molecule has 2 aromatic carbocycles. The van der Waals surface area contributed by atoms with Gasteiger partial charge in [0.2, 0.25) is 10.0 Å². The molecule has 0 spiro atoms. The first-order chi connectivity index (χ1) is 13.8. The van der Waals surface area contributed by atoms with E-state index < -0.39 is 10.0 Å². The average Bonchev–Trinajstić information content (AvgIpc) is 3.03. The van der Waals surface area contributed by atoms with Crippen molar-refractivity contribution < 1.29 is 17.6 Å². The Morgan fingerprint density at radius 2 is 1.83 bits per heavy atom. The molecule has 1 heterocycles. The minimum atomic E-state index is -3.58. The lowest BCUT2D eigenvalue weighted by molar-refractivity contribution is 0.0943. The number of rotatable bonds is 7. The number of aromatic nitrogens is 1. The van der Waals surface area contributed by atoms with Crippen LogP contribution in [0.2, 0.25) is 0 Å². The molecule has 0 fully saturated rings. The number of halogens is 1. The van der Waals surface area contributed by atoms with Gasteiger partial charge < -0.3 is 9.88 Å². The second-order valence-corrected chi connectivity index (χ2v) is 8.65. The Bertz CT molecular complexity index is 1150. The normalized spacial score (nSPS) is 11.9. The molecule has 154 valence electrons. The van der Waals surface area contributed by atoms with Crippen LogP contribution in [0.4, 0.5) is 4.39 Å². The third-order valence-electron chi connectivity index (χ3n) is 4.93. The number of benzene rings is 2. The number of amides is 1. The first kappa shape index (κ1) is 21.0. The van der Waals surface area contributed by atoms with Crippen LogP contribution >= 0.6 is 0 Å². The predicted octanol–water partition coefficient (Wildman–Crippen LogP) is 3.28. The molecule has 0 aliphatic carbocycles. The SMILES string of the molecule is CCN(CC)S(=O)(=O)c1ccc2c(c1)cc(C(=O)NCc1cccc(F)c1)n2C. The lowest BCUT2D eigenvalue weighted by Gasteiger charge is -2.18. The molecule has 0 aliphatic rings. The Balaban J connectivity index is 1.88. The highest BCUT2D eigenvalue weighted by molar-refractivity contribution is 7.89. The minimum Gasteiger partial charge on any atom is -0.347 e. The van der Waals surface area contributed by atoms with Gasteiger partial charge in [0.15, 0.2) is 0 Å². The smallest absolute Gasteiger partial charge is 0.268 e. The second kappa shape index (κ2) is 8.34. The number of hydrogen-bond donors (Lipinski definition) is 1. The summed E-state index contributed by atoms with van der Waals surface area (Å²) in [5, 5.41) is 3.44. The largest absolute Gasteiger partial charge is 0.347 e. The molecular formula is C21H24FN3O3S. The van der Waals surface area contributed by atoms with E-state index in [9.17, 15) is 17.6 Å². The molecule has 29 heavy (non-hydrogen) atoms. The Morgan fingerprint density at radius 3 is 2.48 bits per heavy atom. The van der Waals surface area contributed by atoms with Crippen molar-refractivity contribution in [2.24, 2.45) is 7.05 Å². The Labute approximate surface area is 170 Å². The van der Waals surface area contributed by atoms with Crippen molar-refractivity contribution in [1.82, 2.24) is 14.2 Å². The Morgan fingerprint density at radius 1 is 1.10 bits per heavy atom. The number of hydrogen-bond acceptors (Lipinski definition) is 3. The highest BCUT2D eigenvalue weighted by Crippen LogP contribution is 2.24. The Kier molecular flexibility index (Phi) is 6.04. The highest BCUT2D eigenvalue weighted by Gasteiger charge is 2.23. The summed E-state index contributed by atoms with van der Waals surface area (Å²) >= 11 is 0. The van der Waals surface area contributed by atoms with Crippen LogP contribution < -0.4 is 5.32 Å². The molecule has 0 radical (unpaired) electrons. The molecule has 3 rings (SSSR count). The van der Waals surface area contributed by atoms with Crippen LogP contribution in [0.3, 0.4) is 0 Å². The van der Waals surface area contributed by atoms with Crippen molar-refractivity contribution in [3.8, 4) is 0 Å². The maximum atomic E-state index is 13.3. The summed E-state index contributed by atoms with van der Waals surface area (Å²) in [6.07, 6.45) is 0. The van der Waals surface area contributed by atoms with Gasteiger partial charge in [0, 0.05) is 37.6 Å². The number of nitrogens with one attached hydrogen (secondary N) is 1. The van der Waals surface area contributed by atoms with Gasteiger partial charge in [-0.3, -0.25) is 4.79 Å². The van der Waals surface area contributed by atoms with E-state index in [1.807, 2.05) is 0 Å². The molecule has 1 aromatic heterocycles. The molecule has 3 aromatic rings. The maximum Gasteiger partial charge on any atom is 0.268 e. The molecule has 0 unspecified atom stereocenters. The van der Waals surface area contributed by atoms with Gasteiger partial charge in [-0.2, -0.15) is 4.31 Å². The molecule has 8 heteroatoms. The molecule has 0 bridgehead atoms. The zero-order chi connectivity index (χ0) is 21.2. The highest BCUT2D eigenvalue weighted by atomic mass is 32.2. The van der Waals surface area contributed by atoms with Crippen molar-refractivity contribution in [3.05, 3.63) is 65.6 Å². The van der Waals surface area contributed by atoms with E-state index in [1.165, 1.54) is 16.4 Å². The van der Waals surface area contributed by atoms with Gasteiger partial charge in [-0.15, -0.1) is 0 Å². The number of fused-ring (bicyclic) bond motifs is 1. The average molecular weight is 418 g/mol. The molecular weight excluding hydrogens is 393 g/mol. The van der Waals surface area contributed by atoms with E-state index in [0.29, 0.717) is 29.7 Å². The molecule has 6 nitrogen and oxygen atoms in total. The van der Waals surface area contributed by atoms with Gasteiger partial charge in [-0.1, -0.05) is 26.0 Å². The van der Waals surface area contributed by atoms with E-state index in [-0.39, 0.29) is 23.2 Å². The zero-order valence-electron chi connectivity index (χ0n) is 16.6. The predicted molar refractivity (Wildman–Crippen MR) is 111 cm³/mol. The van der Waals surface area contributed by atoms with Crippen LogP contribution in [0.25, 0.3) is 10.9 Å². The summed E-state index contributed by atoms with van der Waals surface area (Å²) in [5.74, 6) is -0.676. The first-order valence-corrected chi connectivity index (χ1v) is 10.8. The summed E-state index contributed by atoms with van der Waals surface area (Å²) in [7, 11) is -1.83. The van der Waals surface area contributed by atoms with Gasteiger partial charge in [-0.05, 0) is 42.0 Å². The van der Waals surface area contributed by atoms with Gasteiger partial charge in [0.05, 0.1) is 4.90 Å². The number of carbonyl (C=O) groups excluding carboxylic acids is 1. The molecule has 1 N–H and O–H groups in total. The van der Waals surface area contributed by atoms with E-state index in [4.69, 9.17) is 0 Å². The maximum absolute atomic E-state index is 13.3. The molecule has 0 aliphatic heterocycles. The van der Waals surface area contributed by atoms with Crippen molar-refractivity contribution in [2.75, 3.05) is 13.1 Å². The zero-order valence-corrected chi connectivity index (χ0v) is 17.5. The fraction of sp³-hybridized carbons (Fsp3) is 0.286. The van der Waals surface area contributed by atoms with Crippen LogP contribution in [0, 0.1) is 5.82 Å². The summed E-state index contributed by atoms with van der Waals surface area (Å²) in [6, 6.07) is 12.6. The lowest BCUT2D eigenvalue weighted by Crippen LogP contribution is -2.30. The Hall–Kier alpha value is -2.71. The van der Waals surface area contributed by atoms with Gasteiger partial charge in [0.1, 0.15) is 11.5 Å². The monoisotopic (exact) mass is 417 g/mol. The number of carbonyl (C=O) groups is 1. The molecule has 0 atom stereocenters. The van der Waals surface area contributed by atoms with E-state index in [0.717, 1.165) is 5.52 Å². The van der Waals surface area contributed by atoms with Crippen LogP contribution in [-0.4, -0.2) is 36.3 Å². The molecule has 0 saturated carbocycles. The van der Waals surface area contributed by atoms with Crippen LogP contribution in [-0.2, 0) is 23.6 Å². The summed E-state index contributed by atoms with van der Waals surface area (Å²) in [4.78, 5) is 12.8. The van der Waals surface area contributed by atoms with Crippen molar-refractivity contribution >= 4 is 26.8 Å². The van der Waals surface area contributed by atoms with Gasteiger partial charge >= 0.3 is 0 Å². The fourth-order valence-electron chi connectivity index (χ4n) is 3.34. The van der Waals surface area contributed by atoms with Crippen LogP contribution in [0.1, 0.15) is 29.9 Å². The number of aryl methyl sites for hydroxylation is 1. The summed E-state index contributed by atoms with van der Waals surface area (Å²) < 4.78 is 41.9. The first-order valence-electron chi connectivity index (χ1n) is 9.40. The van der Waals surface area contributed by atoms with E-state index in [1.54, 1.807) is 61.9 Å². The third-order valence-corrected chi connectivity index (χ3v) is 6.98. The third kappa shape index (κ3) is 4.18. The molecule has 0 saturated heterocycles. The standard InChI is InChI=1S/C21H24FN3O3S/c1-4-25(5-2)29(27,28)18-9-10-19-16(12-18)13-20(24(19)3)21(26)23-14-15-7-6-8-17(22)11-15/h6-13H,4-5,14H2,1-3H3,(H,23,26).